The van der Waals surface area contributed by atoms with Crippen molar-refractivity contribution in [3.63, 3.8) is 0 Å². The van der Waals surface area contributed by atoms with E-state index in [2.05, 4.69) is 53.2 Å². The predicted molar refractivity (Wildman–Crippen MR) is 150 cm³/mol. The number of ether oxygens (including phenoxy) is 1. The van der Waals surface area contributed by atoms with Crippen LogP contribution in [0.5, 0.6) is 5.88 Å². The maximum absolute atomic E-state index is 13.3. The van der Waals surface area contributed by atoms with E-state index in [4.69, 9.17) is 10.00 Å². The molecule has 0 bridgehead atoms. The molecule has 0 aliphatic carbocycles. The first-order chi connectivity index (χ1) is 20.0. The van der Waals surface area contributed by atoms with Crippen molar-refractivity contribution in [2.24, 2.45) is 0 Å². The summed E-state index contributed by atoms with van der Waals surface area (Å²) < 4.78 is 6.11. The van der Waals surface area contributed by atoms with Crippen LogP contribution in [0.2, 0.25) is 0 Å². The summed E-state index contributed by atoms with van der Waals surface area (Å²) in [6, 6.07) is 13.5. The van der Waals surface area contributed by atoms with E-state index in [0.29, 0.717) is 43.9 Å². The highest BCUT2D eigenvalue weighted by Crippen LogP contribution is 2.38. The van der Waals surface area contributed by atoms with Crippen LogP contribution in [0.25, 0.3) is 0 Å². The number of nitrogens with zero attached hydrogens (tertiary/aromatic N) is 8. The molecule has 1 amide bonds. The highest BCUT2D eigenvalue weighted by molar-refractivity contribution is 5.92. The Kier molecular flexibility index (Phi) is 6.99. The van der Waals surface area contributed by atoms with Gasteiger partial charge in [-0.05, 0) is 30.2 Å². The molecule has 12 nitrogen and oxygen atoms in total. The average Bonchev–Trinajstić information content (AvgIpc) is 3.39. The minimum atomic E-state index is -0.232. The predicted octanol–water partition coefficient (Wildman–Crippen LogP) is 2.24. The Morgan fingerprint density at radius 1 is 1.10 bits per heavy atom. The summed E-state index contributed by atoms with van der Waals surface area (Å²) in [4.78, 5) is 44.5. The Labute approximate surface area is 235 Å². The van der Waals surface area contributed by atoms with E-state index in [-0.39, 0.29) is 35.7 Å². The number of hydrogen-bond acceptors (Lipinski definition) is 10. The van der Waals surface area contributed by atoms with Crippen LogP contribution in [0.3, 0.4) is 0 Å². The number of carbonyl (C=O) groups is 1. The second-order valence-corrected chi connectivity index (χ2v) is 9.90. The summed E-state index contributed by atoms with van der Waals surface area (Å²) in [6.45, 7) is 4.87. The van der Waals surface area contributed by atoms with Crippen LogP contribution in [0.15, 0.2) is 66.0 Å². The van der Waals surface area contributed by atoms with Gasteiger partial charge in [0.2, 0.25) is 5.88 Å². The molecule has 12 heteroatoms. The SMILES string of the molecule is Cc1c(N2Cc3ccccc3[C@@H]2COc2cncc(C(=O)N3CCN(c4ccc(C#N)cn4)CC3)n2)cn[nH]c1=O. The van der Waals surface area contributed by atoms with Gasteiger partial charge in [0, 0.05) is 44.5 Å². The van der Waals surface area contributed by atoms with Gasteiger partial charge in [-0.15, -0.1) is 0 Å². The fraction of sp³-hybridized carbons (Fsp3) is 0.276. The van der Waals surface area contributed by atoms with Gasteiger partial charge in [0.1, 0.15) is 18.5 Å². The third kappa shape index (κ3) is 5.17. The van der Waals surface area contributed by atoms with Gasteiger partial charge in [-0.1, -0.05) is 24.3 Å². The van der Waals surface area contributed by atoms with Gasteiger partial charge in [-0.3, -0.25) is 14.6 Å². The Morgan fingerprint density at radius 3 is 2.71 bits per heavy atom. The van der Waals surface area contributed by atoms with Gasteiger partial charge >= 0.3 is 0 Å². The number of piperazine rings is 1. The molecule has 2 aliphatic heterocycles. The van der Waals surface area contributed by atoms with Crippen LogP contribution < -0.4 is 20.1 Å². The number of aromatic nitrogens is 5. The lowest BCUT2D eigenvalue weighted by atomic mass is 10.1. The third-order valence-electron chi connectivity index (χ3n) is 7.51. The molecule has 0 saturated carbocycles. The topological polar surface area (TPSA) is 144 Å². The first-order valence-corrected chi connectivity index (χ1v) is 13.3. The fourth-order valence-corrected chi connectivity index (χ4v) is 5.26. The number of rotatable bonds is 6. The van der Waals surface area contributed by atoms with Gasteiger partial charge < -0.3 is 19.4 Å². The Morgan fingerprint density at radius 2 is 1.93 bits per heavy atom. The van der Waals surface area contributed by atoms with Crippen molar-refractivity contribution in [3.05, 3.63) is 99.5 Å². The molecular weight excluding hydrogens is 522 g/mol. The van der Waals surface area contributed by atoms with Gasteiger partial charge in [-0.2, -0.15) is 10.4 Å². The number of fused-ring (bicyclic) bond motifs is 1. The number of hydrogen-bond donors (Lipinski definition) is 1. The minimum absolute atomic E-state index is 0.182. The van der Waals surface area contributed by atoms with Crippen molar-refractivity contribution in [1.82, 2.24) is 30.0 Å². The van der Waals surface area contributed by atoms with Crippen LogP contribution in [0.4, 0.5) is 11.5 Å². The van der Waals surface area contributed by atoms with E-state index in [9.17, 15) is 9.59 Å². The number of nitriles is 1. The van der Waals surface area contributed by atoms with Crippen molar-refractivity contribution in [3.8, 4) is 11.9 Å². The number of benzene rings is 1. The van der Waals surface area contributed by atoms with Crippen LogP contribution in [-0.4, -0.2) is 68.7 Å². The van der Waals surface area contributed by atoms with Crippen molar-refractivity contribution in [2.45, 2.75) is 19.5 Å². The van der Waals surface area contributed by atoms with Crippen LogP contribution in [0, 0.1) is 18.3 Å². The molecule has 1 N–H and O–H groups in total. The molecule has 2 aliphatic rings. The van der Waals surface area contributed by atoms with E-state index in [0.717, 1.165) is 22.6 Å². The summed E-state index contributed by atoms with van der Waals surface area (Å²) in [5.74, 6) is 0.815. The summed E-state index contributed by atoms with van der Waals surface area (Å²) >= 11 is 0. The number of anilines is 2. The fourth-order valence-electron chi connectivity index (χ4n) is 5.26. The molecular formula is C29H27N9O3. The normalized spacial score (nSPS) is 16.3. The highest BCUT2D eigenvalue weighted by atomic mass is 16.5. The molecule has 1 fully saturated rings. The quantitative estimate of drug-likeness (QED) is 0.380. The summed E-state index contributed by atoms with van der Waals surface area (Å²) in [7, 11) is 0. The monoisotopic (exact) mass is 549 g/mol. The molecule has 41 heavy (non-hydrogen) atoms. The number of H-pyrrole nitrogens is 1. The lowest BCUT2D eigenvalue weighted by Crippen LogP contribution is -2.49. The van der Waals surface area contributed by atoms with Gasteiger partial charge in [0.05, 0.1) is 35.9 Å². The summed E-state index contributed by atoms with van der Waals surface area (Å²) in [5.41, 5.74) is 4.06. The molecule has 1 aromatic carbocycles. The van der Waals surface area contributed by atoms with E-state index < -0.39 is 0 Å². The molecule has 1 atom stereocenters. The van der Waals surface area contributed by atoms with E-state index in [1.807, 2.05) is 18.2 Å². The maximum Gasteiger partial charge on any atom is 0.274 e. The molecule has 0 radical (unpaired) electrons. The number of aromatic amines is 1. The summed E-state index contributed by atoms with van der Waals surface area (Å²) in [5, 5.41) is 15.5. The highest BCUT2D eigenvalue weighted by Gasteiger charge is 2.32. The number of carbonyl (C=O) groups excluding carboxylic acids is 1. The zero-order valence-electron chi connectivity index (χ0n) is 22.4. The van der Waals surface area contributed by atoms with Crippen LogP contribution in [-0.2, 0) is 6.54 Å². The molecule has 6 rings (SSSR count). The van der Waals surface area contributed by atoms with Crippen molar-refractivity contribution in [2.75, 3.05) is 42.6 Å². The second-order valence-electron chi connectivity index (χ2n) is 9.90. The van der Waals surface area contributed by atoms with Crippen LogP contribution >= 0.6 is 0 Å². The molecule has 0 spiro atoms. The molecule has 206 valence electrons. The van der Waals surface area contributed by atoms with E-state index in [1.54, 1.807) is 30.3 Å². The molecule has 3 aromatic heterocycles. The van der Waals surface area contributed by atoms with E-state index >= 15 is 0 Å². The van der Waals surface area contributed by atoms with Gasteiger partial charge in [0.25, 0.3) is 11.5 Å². The lowest BCUT2D eigenvalue weighted by Gasteiger charge is -2.35. The first-order valence-electron chi connectivity index (χ1n) is 13.3. The Bertz CT molecular complexity index is 1670. The van der Waals surface area contributed by atoms with Crippen molar-refractivity contribution >= 4 is 17.4 Å². The van der Waals surface area contributed by atoms with E-state index in [1.165, 1.54) is 12.4 Å². The molecule has 5 heterocycles. The standard InChI is InChI=1S/C29H27N9O3/c1-19-24(15-33-35-28(19)39)38-17-21-4-2-3-5-22(21)25(38)18-41-27-16-31-14-23(34-27)29(40)37-10-8-36(9-11-37)26-7-6-20(12-30)13-32-26/h2-7,13-16,25H,8-11,17-18H2,1H3,(H,35,39)/t25-/m0/s1. The van der Waals surface area contributed by atoms with Crippen LogP contribution in [0.1, 0.15) is 38.8 Å². The number of amides is 1. The molecule has 4 aromatic rings. The third-order valence-corrected chi connectivity index (χ3v) is 7.51. The second kappa shape index (κ2) is 11.1. The zero-order valence-corrected chi connectivity index (χ0v) is 22.4. The van der Waals surface area contributed by atoms with Gasteiger partial charge in [0.15, 0.2) is 5.69 Å². The Balaban J connectivity index is 1.13. The smallest absolute Gasteiger partial charge is 0.274 e. The average molecular weight is 550 g/mol. The summed E-state index contributed by atoms with van der Waals surface area (Å²) in [6.07, 6.45) is 6.16. The Hall–Kier alpha value is -5.31. The van der Waals surface area contributed by atoms with Crippen molar-refractivity contribution < 1.29 is 9.53 Å². The molecule has 0 unspecified atom stereocenters. The number of pyridine rings is 1. The first kappa shape index (κ1) is 25.9. The largest absolute Gasteiger partial charge is 0.474 e. The van der Waals surface area contributed by atoms with Crippen molar-refractivity contribution in [1.29, 1.82) is 5.26 Å². The zero-order chi connectivity index (χ0) is 28.3. The maximum atomic E-state index is 13.3. The molecule has 1 saturated heterocycles. The number of nitrogens with one attached hydrogen (secondary N) is 1. The lowest BCUT2D eigenvalue weighted by molar-refractivity contribution is 0.0738. The van der Waals surface area contributed by atoms with Gasteiger partial charge in [-0.25, -0.2) is 15.1 Å². The minimum Gasteiger partial charge on any atom is -0.474 e.